The third-order valence-electron chi connectivity index (χ3n) is 2.41. The molecule has 0 bridgehead atoms. The van der Waals surface area contributed by atoms with E-state index >= 15 is 0 Å². The normalized spacial score (nSPS) is 12.9. The molecule has 1 rings (SSSR count). The van der Waals surface area contributed by atoms with Crippen LogP contribution in [0.3, 0.4) is 0 Å². The Labute approximate surface area is 97.6 Å². The van der Waals surface area contributed by atoms with Gasteiger partial charge in [-0.2, -0.15) is 0 Å². The van der Waals surface area contributed by atoms with E-state index in [1.165, 1.54) is 12.1 Å². The number of halogens is 1. The van der Waals surface area contributed by atoms with Gasteiger partial charge in [-0.25, -0.2) is 4.39 Å². The molecule has 0 radical (unpaired) electrons. The average molecular weight is 224 g/mol. The molecule has 0 aromatic heterocycles. The lowest BCUT2D eigenvalue weighted by molar-refractivity contribution is -0.0547. The monoisotopic (exact) mass is 224 g/mol. The molecule has 16 heavy (non-hydrogen) atoms. The Balaban J connectivity index is 2.73. The maximum Gasteiger partial charge on any atom is 0.123 e. The van der Waals surface area contributed by atoms with E-state index in [-0.39, 0.29) is 16.8 Å². The third-order valence-corrected chi connectivity index (χ3v) is 2.41. The van der Waals surface area contributed by atoms with Crippen LogP contribution in [0.25, 0.3) is 0 Å². The molecule has 0 aliphatic carbocycles. The van der Waals surface area contributed by atoms with Crippen LogP contribution in [0.2, 0.25) is 0 Å². The highest BCUT2D eigenvalue weighted by molar-refractivity contribution is 5.21. The Bertz CT molecular complexity index is 333. The minimum absolute atomic E-state index is 0.136. The topological polar surface area (TPSA) is 9.23 Å². The van der Waals surface area contributed by atoms with Gasteiger partial charge in [0.25, 0.3) is 0 Å². The van der Waals surface area contributed by atoms with Gasteiger partial charge in [-0.1, -0.05) is 32.9 Å². The molecule has 0 saturated heterocycles. The molecule has 1 nitrogen and oxygen atoms in total. The first-order valence-electron chi connectivity index (χ1n) is 5.61. The molecule has 1 aromatic carbocycles. The summed E-state index contributed by atoms with van der Waals surface area (Å²) in [6, 6.07) is 6.49. The Morgan fingerprint density at radius 3 is 1.94 bits per heavy atom. The molecule has 0 saturated carbocycles. The van der Waals surface area contributed by atoms with E-state index in [4.69, 9.17) is 4.74 Å². The first-order valence-corrected chi connectivity index (χ1v) is 5.61. The lowest BCUT2D eigenvalue weighted by Crippen LogP contribution is -2.27. The van der Waals surface area contributed by atoms with Crippen LogP contribution < -0.4 is 0 Å². The van der Waals surface area contributed by atoms with Crippen molar-refractivity contribution in [3.05, 3.63) is 35.6 Å². The van der Waals surface area contributed by atoms with Crippen LogP contribution in [-0.2, 0) is 10.3 Å². The molecular weight excluding hydrogens is 203 g/mol. The van der Waals surface area contributed by atoms with E-state index in [1.807, 2.05) is 13.8 Å². The second kappa shape index (κ2) is 4.54. The van der Waals surface area contributed by atoms with Gasteiger partial charge in [0.15, 0.2) is 0 Å². The number of ether oxygens (including phenoxy) is 1. The van der Waals surface area contributed by atoms with Gasteiger partial charge >= 0.3 is 0 Å². The van der Waals surface area contributed by atoms with E-state index < -0.39 is 0 Å². The molecule has 0 amide bonds. The number of hydrogen-bond donors (Lipinski definition) is 0. The van der Waals surface area contributed by atoms with Crippen molar-refractivity contribution < 1.29 is 9.13 Å². The maximum absolute atomic E-state index is 12.8. The summed E-state index contributed by atoms with van der Waals surface area (Å²) < 4.78 is 18.7. The summed E-state index contributed by atoms with van der Waals surface area (Å²) in [5.41, 5.74) is 0.760. The standard InChI is InChI=1S/C14H21FO/c1-13(2,3)10-16-14(4,5)11-6-8-12(15)9-7-11/h6-9H,10H2,1-5H3. The van der Waals surface area contributed by atoms with Gasteiger partial charge in [0, 0.05) is 0 Å². The summed E-state index contributed by atoms with van der Waals surface area (Å²) in [6.45, 7) is 11.1. The zero-order valence-electron chi connectivity index (χ0n) is 10.8. The van der Waals surface area contributed by atoms with E-state index in [2.05, 4.69) is 20.8 Å². The first kappa shape index (κ1) is 13.2. The summed E-state index contributed by atoms with van der Waals surface area (Å²) in [4.78, 5) is 0. The molecule has 0 unspecified atom stereocenters. The number of hydrogen-bond acceptors (Lipinski definition) is 1. The molecule has 0 spiro atoms. The Kier molecular flexibility index (Phi) is 3.74. The molecule has 1 aromatic rings. The third kappa shape index (κ3) is 3.93. The molecule has 90 valence electrons. The lowest BCUT2D eigenvalue weighted by atomic mass is 9.95. The summed E-state index contributed by atoms with van der Waals surface area (Å²) >= 11 is 0. The van der Waals surface area contributed by atoms with Crippen LogP contribution in [0.15, 0.2) is 24.3 Å². The molecule has 0 fully saturated rings. The van der Waals surface area contributed by atoms with Gasteiger partial charge in [-0.05, 0) is 37.0 Å². The average Bonchev–Trinajstić information content (AvgIpc) is 2.15. The van der Waals surface area contributed by atoms with Gasteiger partial charge in [-0.15, -0.1) is 0 Å². The predicted molar refractivity (Wildman–Crippen MR) is 64.8 cm³/mol. The quantitative estimate of drug-likeness (QED) is 0.750. The van der Waals surface area contributed by atoms with Gasteiger partial charge in [-0.3, -0.25) is 0 Å². The molecule has 0 atom stereocenters. The van der Waals surface area contributed by atoms with Crippen molar-refractivity contribution in [1.29, 1.82) is 0 Å². The smallest absolute Gasteiger partial charge is 0.123 e. The van der Waals surface area contributed by atoms with Gasteiger partial charge in [0.05, 0.1) is 12.2 Å². The second-order valence-corrected chi connectivity index (χ2v) is 5.87. The van der Waals surface area contributed by atoms with Crippen LogP contribution in [0, 0.1) is 11.2 Å². The lowest BCUT2D eigenvalue weighted by Gasteiger charge is -2.30. The van der Waals surface area contributed by atoms with Gasteiger partial charge < -0.3 is 4.74 Å². The van der Waals surface area contributed by atoms with E-state index in [9.17, 15) is 4.39 Å². The highest BCUT2D eigenvalue weighted by atomic mass is 19.1. The van der Waals surface area contributed by atoms with Crippen molar-refractivity contribution in [3.63, 3.8) is 0 Å². The Morgan fingerprint density at radius 2 is 1.50 bits per heavy atom. The van der Waals surface area contributed by atoms with E-state index in [1.54, 1.807) is 12.1 Å². The van der Waals surface area contributed by atoms with Crippen LogP contribution in [-0.4, -0.2) is 6.61 Å². The van der Waals surface area contributed by atoms with E-state index in [0.717, 1.165) is 5.56 Å². The fourth-order valence-corrected chi connectivity index (χ4v) is 1.33. The van der Waals surface area contributed by atoms with Crippen molar-refractivity contribution in [2.75, 3.05) is 6.61 Å². The maximum atomic E-state index is 12.8. The summed E-state index contributed by atoms with van der Waals surface area (Å²) in [6.07, 6.45) is 0. The van der Waals surface area contributed by atoms with Crippen molar-refractivity contribution in [1.82, 2.24) is 0 Å². The Hall–Kier alpha value is -0.890. The van der Waals surface area contributed by atoms with Crippen LogP contribution in [0.1, 0.15) is 40.2 Å². The first-order chi connectivity index (χ1) is 7.21. The predicted octanol–water partition coefficient (Wildman–Crippen LogP) is 4.12. The number of rotatable bonds is 3. The zero-order chi connectivity index (χ0) is 12.4. The fraction of sp³-hybridized carbons (Fsp3) is 0.571. The summed E-state index contributed by atoms with van der Waals surface area (Å²) in [5, 5.41) is 0. The van der Waals surface area contributed by atoms with Crippen molar-refractivity contribution in [2.45, 2.75) is 40.2 Å². The second-order valence-electron chi connectivity index (χ2n) is 5.87. The molecule has 2 heteroatoms. The highest BCUT2D eigenvalue weighted by Gasteiger charge is 2.24. The van der Waals surface area contributed by atoms with Crippen molar-refractivity contribution in [3.8, 4) is 0 Å². The molecule has 0 N–H and O–H groups in total. The van der Waals surface area contributed by atoms with Crippen LogP contribution >= 0.6 is 0 Å². The van der Waals surface area contributed by atoms with Gasteiger partial charge in [0.1, 0.15) is 5.82 Å². The number of benzene rings is 1. The molecule has 0 heterocycles. The van der Waals surface area contributed by atoms with Gasteiger partial charge in [0.2, 0.25) is 0 Å². The zero-order valence-corrected chi connectivity index (χ0v) is 10.8. The largest absolute Gasteiger partial charge is 0.370 e. The highest BCUT2D eigenvalue weighted by Crippen LogP contribution is 2.27. The van der Waals surface area contributed by atoms with Crippen LogP contribution in [0.5, 0.6) is 0 Å². The minimum atomic E-state index is -0.374. The van der Waals surface area contributed by atoms with E-state index in [0.29, 0.717) is 6.61 Å². The van der Waals surface area contributed by atoms with Crippen molar-refractivity contribution >= 4 is 0 Å². The Morgan fingerprint density at radius 1 is 1.00 bits per heavy atom. The molecular formula is C14H21FO. The van der Waals surface area contributed by atoms with Crippen LogP contribution in [0.4, 0.5) is 4.39 Å². The summed E-state index contributed by atoms with van der Waals surface area (Å²) in [5.74, 6) is -0.213. The SMILES string of the molecule is CC(C)(C)COC(C)(C)c1ccc(F)cc1. The minimum Gasteiger partial charge on any atom is -0.370 e. The summed E-state index contributed by atoms with van der Waals surface area (Å²) in [7, 11) is 0. The fourth-order valence-electron chi connectivity index (χ4n) is 1.33. The molecule has 0 aliphatic rings. The van der Waals surface area contributed by atoms with Crippen molar-refractivity contribution in [2.24, 2.45) is 5.41 Å². The molecule has 0 aliphatic heterocycles.